The number of halogens is 1. The van der Waals surface area contributed by atoms with Gasteiger partial charge in [0.05, 0.1) is 17.7 Å². The highest BCUT2D eigenvalue weighted by Gasteiger charge is 2.11. The molecule has 122 valence electrons. The lowest BCUT2D eigenvalue weighted by Gasteiger charge is -2.13. The van der Waals surface area contributed by atoms with Gasteiger partial charge in [-0.1, -0.05) is 17.7 Å². The van der Waals surface area contributed by atoms with Crippen LogP contribution in [-0.2, 0) is 14.3 Å². The van der Waals surface area contributed by atoms with Crippen molar-refractivity contribution in [1.29, 1.82) is 0 Å². The maximum Gasteiger partial charge on any atom is 0.344 e. The average molecular weight is 336 g/mol. The molecule has 6 heteroatoms. The first kappa shape index (κ1) is 17.2. The molecule has 1 aromatic carbocycles. The van der Waals surface area contributed by atoms with Crippen LogP contribution in [0.1, 0.15) is 6.92 Å². The topological polar surface area (TPSA) is 57.7 Å². The lowest BCUT2D eigenvalue weighted by atomic mass is 10.2. The quantitative estimate of drug-likeness (QED) is 0.546. The normalized spacial score (nSPS) is 11.9. The SMILES string of the molecule is C=CCOC(C)COC(=O)COc1ccc(Cl)c2cccnc12. The zero-order valence-corrected chi connectivity index (χ0v) is 13.6. The van der Waals surface area contributed by atoms with Crippen molar-refractivity contribution in [3.63, 3.8) is 0 Å². The van der Waals surface area contributed by atoms with Crippen molar-refractivity contribution in [1.82, 2.24) is 4.98 Å². The molecule has 0 aliphatic heterocycles. The van der Waals surface area contributed by atoms with Gasteiger partial charge in [-0.3, -0.25) is 4.98 Å². The lowest BCUT2D eigenvalue weighted by molar-refractivity contribution is -0.149. The molecule has 1 heterocycles. The van der Waals surface area contributed by atoms with E-state index in [2.05, 4.69) is 11.6 Å². The Morgan fingerprint density at radius 1 is 1.43 bits per heavy atom. The molecular formula is C17H18ClNO4. The minimum Gasteiger partial charge on any atom is -0.480 e. The van der Waals surface area contributed by atoms with Crippen molar-refractivity contribution >= 4 is 28.5 Å². The van der Waals surface area contributed by atoms with Gasteiger partial charge in [-0.05, 0) is 31.2 Å². The van der Waals surface area contributed by atoms with Crippen LogP contribution in [0.5, 0.6) is 5.75 Å². The third-order valence-corrected chi connectivity index (χ3v) is 3.33. The second kappa shape index (κ2) is 8.50. The van der Waals surface area contributed by atoms with Gasteiger partial charge in [-0.25, -0.2) is 4.79 Å². The summed E-state index contributed by atoms with van der Waals surface area (Å²) in [6, 6.07) is 7.02. The Balaban J connectivity index is 1.90. The van der Waals surface area contributed by atoms with E-state index in [1.54, 1.807) is 30.5 Å². The Morgan fingerprint density at radius 2 is 2.26 bits per heavy atom. The van der Waals surface area contributed by atoms with Crippen LogP contribution in [0.3, 0.4) is 0 Å². The van der Waals surface area contributed by atoms with E-state index in [9.17, 15) is 4.79 Å². The predicted molar refractivity (Wildman–Crippen MR) is 88.8 cm³/mol. The average Bonchev–Trinajstić information content (AvgIpc) is 2.57. The Labute approximate surface area is 139 Å². The molecule has 5 nitrogen and oxygen atoms in total. The first-order valence-corrected chi connectivity index (χ1v) is 7.53. The number of rotatable bonds is 8. The van der Waals surface area contributed by atoms with Gasteiger partial charge in [0.1, 0.15) is 17.9 Å². The van der Waals surface area contributed by atoms with Crippen LogP contribution in [0.2, 0.25) is 5.02 Å². The predicted octanol–water partition coefficient (Wildman–Crippen LogP) is 3.40. The minimum absolute atomic E-state index is 0.162. The second-order valence-electron chi connectivity index (χ2n) is 4.85. The number of nitrogens with zero attached hydrogens (tertiary/aromatic N) is 1. The first-order chi connectivity index (χ1) is 11.1. The highest BCUT2D eigenvalue weighted by molar-refractivity contribution is 6.35. The standard InChI is InChI=1S/C17H18ClNO4/c1-3-9-21-12(2)10-23-16(20)11-22-15-7-6-14(18)13-5-4-8-19-17(13)15/h3-8,12H,1,9-11H2,2H3. The highest BCUT2D eigenvalue weighted by atomic mass is 35.5. The summed E-state index contributed by atoms with van der Waals surface area (Å²) >= 11 is 6.11. The van der Waals surface area contributed by atoms with E-state index in [0.29, 0.717) is 22.9 Å². The molecule has 1 unspecified atom stereocenters. The Kier molecular flexibility index (Phi) is 6.38. The summed E-state index contributed by atoms with van der Waals surface area (Å²) in [6.45, 7) is 5.74. The molecule has 0 fully saturated rings. The zero-order valence-electron chi connectivity index (χ0n) is 12.8. The fourth-order valence-corrected chi connectivity index (χ4v) is 2.11. The Hall–Kier alpha value is -2.11. The van der Waals surface area contributed by atoms with E-state index in [4.69, 9.17) is 25.8 Å². The van der Waals surface area contributed by atoms with Crippen LogP contribution in [0.15, 0.2) is 43.1 Å². The summed E-state index contributed by atoms with van der Waals surface area (Å²) in [5.74, 6) is 0.0102. The smallest absolute Gasteiger partial charge is 0.344 e. The number of fused-ring (bicyclic) bond motifs is 1. The zero-order chi connectivity index (χ0) is 16.7. The van der Waals surface area contributed by atoms with E-state index < -0.39 is 5.97 Å². The van der Waals surface area contributed by atoms with E-state index in [0.717, 1.165) is 5.39 Å². The number of aromatic nitrogens is 1. The number of carbonyl (C=O) groups excluding carboxylic acids is 1. The van der Waals surface area contributed by atoms with Gasteiger partial charge in [-0.2, -0.15) is 0 Å². The van der Waals surface area contributed by atoms with Crippen LogP contribution in [-0.4, -0.2) is 36.9 Å². The number of benzene rings is 1. The molecule has 0 aliphatic rings. The van der Waals surface area contributed by atoms with E-state index in [1.807, 2.05) is 13.0 Å². The van der Waals surface area contributed by atoms with Crippen molar-refractivity contribution in [3.05, 3.63) is 48.1 Å². The fraction of sp³-hybridized carbons (Fsp3) is 0.294. The number of pyridine rings is 1. The minimum atomic E-state index is -0.474. The van der Waals surface area contributed by atoms with Gasteiger partial charge < -0.3 is 14.2 Å². The molecule has 0 spiro atoms. The van der Waals surface area contributed by atoms with Crippen molar-refractivity contribution in [2.45, 2.75) is 13.0 Å². The molecule has 2 aromatic rings. The molecule has 2 rings (SSSR count). The maximum absolute atomic E-state index is 11.7. The number of carbonyl (C=O) groups is 1. The van der Waals surface area contributed by atoms with E-state index >= 15 is 0 Å². The molecule has 0 amide bonds. The Bertz CT molecular complexity index is 689. The van der Waals surface area contributed by atoms with Gasteiger partial charge in [0, 0.05) is 11.6 Å². The van der Waals surface area contributed by atoms with Gasteiger partial charge >= 0.3 is 5.97 Å². The number of hydrogen-bond donors (Lipinski definition) is 0. The molecule has 0 radical (unpaired) electrons. The lowest BCUT2D eigenvalue weighted by Crippen LogP contribution is -2.22. The largest absolute Gasteiger partial charge is 0.480 e. The van der Waals surface area contributed by atoms with Crippen LogP contribution < -0.4 is 4.74 Å². The number of esters is 1. The molecule has 0 saturated carbocycles. The van der Waals surface area contributed by atoms with Gasteiger partial charge in [0.2, 0.25) is 0 Å². The third-order valence-electron chi connectivity index (χ3n) is 3.00. The van der Waals surface area contributed by atoms with Crippen LogP contribution in [0.4, 0.5) is 0 Å². The summed E-state index contributed by atoms with van der Waals surface area (Å²) < 4.78 is 15.9. The molecule has 1 aromatic heterocycles. The van der Waals surface area contributed by atoms with Gasteiger partial charge in [0.25, 0.3) is 0 Å². The monoisotopic (exact) mass is 335 g/mol. The molecule has 0 aliphatic carbocycles. The van der Waals surface area contributed by atoms with E-state index in [1.165, 1.54) is 0 Å². The first-order valence-electron chi connectivity index (χ1n) is 7.16. The van der Waals surface area contributed by atoms with Crippen LogP contribution in [0.25, 0.3) is 10.9 Å². The highest BCUT2D eigenvalue weighted by Crippen LogP contribution is 2.29. The summed E-state index contributed by atoms with van der Waals surface area (Å²) in [5.41, 5.74) is 0.607. The van der Waals surface area contributed by atoms with Crippen LogP contribution in [0, 0.1) is 0 Å². The fourth-order valence-electron chi connectivity index (χ4n) is 1.90. The van der Waals surface area contributed by atoms with Gasteiger partial charge in [-0.15, -0.1) is 6.58 Å². The summed E-state index contributed by atoms with van der Waals surface area (Å²) in [7, 11) is 0. The van der Waals surface area contributed by atoms with Crippen molar-refractivity contribution in [3.8, 4) is 5.75 Å². The summed E-state index contributed by atoms with van der Waals surface area (Å²) in [5, 5.41) is 1.35. The molecule has 0 bridgehead atoms. The van der Waals surface area contributed by atoms with Crippen molar-refractivity contribution < 1.29 is 19.0 Å². The molecule has 1 atom stereocenters. The summed E-state index contributed by atoms with van der Waals surface area (Å²) in [4.78, 5) is 16.0. The third kappa shape index (κ3) is 4.94. The summed E-state index contributed by atoms with van der Waals surface area (Å²) in [6.07, 6.45) is 3.08. The Morgan fingerprint density at radius 3 is 3.04 bits per heavy atom. The second-order valence-corrected chi connectivity index (χ2v) is 5.26. The number of hydrogen-bond acceptors (Lipinski definition) is 5. The number of ether oxygens (including phenoxy) is 3. The molecule has 0 saturated heterocycles. The molecule has 23 heavy (non-hydrogen) atoms. The van der Waals surface area contributed by atoms with Crippen molar-refractivity contribution in [2.24, 2.45) is 0 Å². The van der Waals surface area contributed by atoms with E-state index in [-0.39, 0.29) is 19.3 Å². The van der Waals surface area contributed by atoms with Gasteiger partial charge in [0.15, 0.2) is 6.61 Å². The molecule has 0 N–H and O–H groups in total. The maximum atomic E-state index is 11.7. The van der Waals surface area contributed by atoms with Crippen LogP contribution >= 0.6 is 11.6 Å². The molecular weight excluding hydrogens is 318 g/mol. The van der Waals surface area contributed by atoms with Crippen molar-refractivity contribution in [2.75, 3.05) is 19.8 Å².